The standard InChI is InChI=1S/C9H8N4O2/c14-9(8-6-12-15-13-8)11-5-7-1-3-10-4-2-7/h1-4,6H,5H2,(H,11,14). The Hall–Kier alpha value is -2.24. The molecule has 0 atom stereocenters. The van der Waals surface area contributed by atoms with E-state index in [2.05, 4.69) is 25.2 Å². The zero-order valence-electron chi connectivity index (χ0n) is 7.75. The monoisotopic (exact) mass is 204 g/mol. The van der Waals surface area contributed by atoms with Gasteiger partial charge in [-0.1, -0.05) is 5.16 Å². The van der Waals surface area contributed by atoms with Gasteiger partial charge in [-0.15, -0.1) is 0 Å². The van der Waals surface area contributed by atoms with Crippen LogP contribution in [0.4, 0.5) is 0 Å². The molecule has 2 aromatic rings. The van der Waals surface area contributed by atoms with E-state index in [1.807, 2.05) is 12.1 Å². The quantitative estimate of drug-likeness (QED) is 0.782. The first kappa shape index (κ1) is 9.32. The van der Waals surface area contributed by atoms with E-state index in [-0.39, 0.29) is 11.6 Å². The van der Waals surface area contributed by atoms with Crippen molar-refractivity contribution in [1.82, 2.24) is 20.6 Å². The van der Waals surface area contributed by atoms with E-state index < -0.39 is 0 Å². The summed E-state index contributed by atoms with van der Waals surface area (Å²) in [5.74, 6) is -0.312. The number of hydrogen-bond acceptors (Lipinski definition) is 5. The normalized spacial score (nSPS) is 9.87. The summed E-state index contributed by atoms with van der Waals surface area (Å²) in [4.78, 5) is 15.3. The highest BCUT2D eigenvalue weighted by molar-refractivity contribution is 5.91. The molecule has 0 spiro atoms. The molecule has 6 nitrogen and oxygen atoms in total. The molecule has 0 bridgehead atoms. The van der Waals surface area contributed by atoms with E-state index in [4.69, 9.17) is 0 Å². The molecule has 0 unspecified atom stereocenters. The van der Waals surface area contributed by atoms with E-state index in [0.717, 1.165) is 5.56 Å². The topological polar surface area (TPSA) is 80.9 Å². The van der Waals surface area contributed by atoms with Gasteiger partial charge < -0.3 is 5.32 Å². The van der Waals surface area contributed by atoms with E-state index in [9.17, 15) is 4.79 Å². The van der Waals surface area contributed by atoms with Gasteiger partial charge in [0.1, 0.15) is 6.20 Å². The number of carbonyl (C=O) groups is 1. The molecule has 6 heteroatoms. The van der Waals surface area contributed by atoms with Gasteiger partial charge in [0.15, 0.2) is 5.69 Å². The lowest BCUT2D eigenvalue weighted by atomic mass is 10.2. The van der Waals surface area contributed by atoms with Gasteiger partial charge >= 0.3 is 0 Å². The van der Waals surface area contributed by atoms with Gasteiger partial charge in [0.05, 0.1) is 0 Å². The summed E-state index contributed by atoms with van der Waals surface area (Å²) in [6.45, 7) is 0.425. The second-order valence-corrected chi connectivity index (χ2v) is 2.83. The number of carbonyl (C=O) groups excluding carboxylic acids is 1. The Morgan fingerprint density at radius 1 is 1.40 bits per heavy atom. The van der Waals surface area contributed by atoms with Crippen molar-refractivity contribution in [1.29, 1.82) is 0 Å². The highest BCUT2D eigenvalue weighted by Gasteiger charge is 2.08. The highest BCUT2D eigenvalue weighted by atomic mass is 16.6. The van der Waals surface area contributed by atoms with E-state index in [0.29, 0.717) is 6.54 Å². The Morgan fingerprint density at radius 3 is 2.87 bits per heavy atom. The first-order valence-corrected chi connectivity index (χ1v) is 4.31. The predicted molar refractivity (Wildman–Crippen MR) is 49.7 cm³/mol. The second kappa shape index (κ2) is 4.32. The Balaban J connectivity index is 1.92. The van der Waals surface area contributed by atoms with Gasteiger partial charge in [0, 0.05) is 18.9 Å². The van der Waals surface area contributed by atoms with Gasteiger partial charge in [0.2, 0.25) is 0 Å². The van der Waals surface area contributed by atoms with Crippen molar-refractivity contribution < 1.29 is 9.42 Å². The Morgan fingerprint density at radius 2 is 2.20 bits per heavy atom. The van der Waals surface area contributed by atoms with Crippen molar-refractivity contribution in [3.05, 3.63) is 42.0 Å². The molecule has 15 heavy (non-hydrogen) atoms. The fourth-order valence-electron chi connectivity index (χ4n) is 1.04. The minimum Gasteiger partial charge on any atom is -0.346 e. The number of hydrogen-bond donors (Lipinski definition) is 1. The van der Waals surface area contributed by atoms with Crippen LogP contribution in [0.5, 0.6) is 0 Å². The Labute approximate surface area is 85.3 Å². The first-order chi connectivity index (χ1) is 7.36. The fraction of sp³-hybridized carbons (Fsp3) is 0.111. The summed E-state index contributed by atoms with van der Waals surface area (Å²) < 4.78 is 4.32. The average molecular weight is 204 g/mol. The number of nitrogens with zero attached hydrogens (tertiary/aromatic N) is 3. The molecule has 0 aromatic carbocycles. The Bertz CT molecular complexity index is 427. The highest BCUT2D eigenvalue weighted by Crippen LogP contribution is 1.96. The molecule has 0 fully saturated rings. The van der Waals surface area contributed by atoms with Gasteiger partial charge in [-0.2, -0.15) is 0 Å². The van der Waals surface area contributed by atoms with Crippen LogP contribution in [0.2, 0.25) is 0 Å². The summed E-state index contributed by atoms with van der Waals surface area (Å²) in [6.07, 6.45) is 4.60. The van der Waals surface area contributed by atoms with Crippen molar-refractivity contribution in [2.24, 2.45) is 0 Å². The fourth-order valence-corrected chi connectivity index (χ4v) is 1.04. The van der Waals surface area contributed by atoms with Crippen LogP contribution >= 0.6 is 0 Å². The van der Waals surface area contributed by atoms with Crippen LogP contribution in [-0.4, -0.2) is 21.2 Å². The lowest BCUT2D eigenvalue weighted by Gasteiger charge is -2.01. The lowest BCUT2D eigenvalue weighted by Crippen LogP contribution is -2.22. The van der Waals surface area contributed by atoms with Crippen molar-refractivity contribution >= 4 is 5.91 Å². The third-order valence-corrected chi connectivity index (χ3v) is 1.80. The molecule has 2 rings (SSSR count). The van der Waals surface area contributed by atoms with Crippen molar-refractivity contribution in [2.75, 3.05) is 0 Å². The maximum atomic E-state index is 11.4. The molecule has 2 heterocycles. The molecule has 1 N–H and O–H groups in total. The lowest BCUT2D eigenvalue weighted by molar-refractivity contribution is 0.0941. The summed E-state index contributed by atoms with van der Waals surface area (Å²) in [6, 6.07) is 3.64. The molecule has 1 amide bonds. The molecule has 0 saturated carbocycles. The molecule has 0 aliphatic heterocycles. The number of nitrogens with one attached hydrogen (secondary N) is 1. The van der Waals surface area contributed by atoms with Gasteiger partial charge in [-0.3, -0.25) is 9.78 Å². The molecule has 76 valence electrons. The number of amides is 1. The second-order valence-electron chi connectivity index (χ2n) is 2.83. The first-order valence-electron chi connectivity index (χ1n) is 4.31. The molecule has 0 saturated heterocycles. The van der Waals surface area contributed by atoms with Gasteiger partial charge in [0.25, 0.3) is 5.91 Å². The van der Waals surface area contributed by atoms with E-state index >= 15 is 0 Å². The van der Waals surface area contributed by atoms with Crippen molar-refractivity contribution in [3.63, 3.8) is 0 Å². The average Bonchev–Trinajstić information content (AvgIpc) is 2.81. The Kier molecular flexibility index (Phi) is 2.68. The maximum absolute atomic E-state index is 11.4. The molecular weight excluding hydrogens is 196 g/mol. The number of aromatic nitrogens is 3. The van der Waals surface area contributed by atoms with E-state index in [1.165, 1.54) is 6.20 Å². The third kappa shape index (κ3) is 2.37. The summed E-state index contributed by atoms with van der Waals surface area (Å²) >= 11 is 0. The molecule has 2 aromatic heterocycles. The van der Waals surface area contributed by atoms with Crippen LogP contribution < -0.4 is 5.32 Å². The molecular formula is C9H8N4O2. The summed E-state index contributed by atoms with van der Waals surface area (Å²) in [5.41, 5.74) is 1.14. The molecule has 0 aliphatic rings. The van der Waals surface area contributed by atoms with E-state index in [1.54, 1.807) is 12.4 Å². The van der Waals surface area contributed by atoms with Crippen LogP contribution in [0, 0.1) is 0 Å². The third-order valence-electron chi connectivity index (χ3n) is 1.80. The van der Waals surface area contributed by atoms with Gasteiger partial charge in [-0.05, 0) is 22.9 Å². The zero-order valence-corrected chi connectivity index (χ0v) is 7.75. The molecule has 0 radical (unpaired) electrons. The van der Waals surface area contributed by atoms with Crippen LogP contribution in [0.25, 0.3) is 0 Å². The number of pyridine rings is 1. The van der Waals surface area contributed by atoms with Crippen LogP contribution in [0.15, 0.2) is 35.4 Å². The molecule has 0 aliphatic carbocycles. The predicted octanol–water partition coefficient (Wildman–Crippen LogP) is 0.395. The van der Waals surface area contributed by atoms with Crippen LogP contribution in [0.3, 0.4) is 0 Å². The van der Waals surface area contributed by atoms with Crippen molar-refractivity contribution in [3.8, 4) is 0 Å². The largest absolute Gasteiger partial charge is 0.346 e. The summed E-state index contributed by atoms with van der Waals surface area (Å²) in [7, 11) is 0. The minimum absolute atomic E-state index is 0.170. The smallest absolute Gasteiger partial charge is 0.275 e. The summed E-state index contributed by atoms with van der Waals surface area (Å²) in [5, 5.41) is 9.43. The maximum Gasteiger partial charge on any atom is 0.275 e. The van der Waals surface area contributed by atoms with Crippen LogP contribution in [-0.2, 0) is 6.54 Å². The zero-order chi connectivity index (χ0) is 10.5. The SMILES string of the molecule is O=C(NCc1ccncc1)c1cnon1. The van der Waals surface area contributed by atoms with Crippen molar-refractivity contribution in [2.45, 2.75) is 6.54 Å². The number of rotatable bonds is 3. The van der Waals surface area contributed by atoms with Crippen LogP contribution in [0.1, 0.15) is 16.1 Å². The van der Waals surface area contributed by atoms with Gasteiger partial charge in [-0.25, -0.2) is 4.63 Å². The minimum atomic E-state index is -0.312.